The molecule has 1 aliphatic rings. The highest BCUT2D eigenvalue weighted by Crippen LogP contribution is 2.34. The number of hydrogen-bond donors (Lipinski definition) is 0. The van der Waals surface area contributed by atoms with Crippen LogP contribution < -0.4 is 9.47 Å². The molecule has 1 amide bonds. The van der Waals surface area contributed by atoms with Gasteiger partial charge in [0.15, 0.2) is 0 Å². The van der Waals surface area contributed by atoms with E-state index >= 15 is 0 Å². The number of aromatic nitrogens is 1. The van der Waals surface area contributed by atoms with Gasteiger partial charge in [-0.05, 0) is 79.2 Å². The fourth-order valence-electron chi connectivity index (χ4n) is 4.94. The molecule has 40 heavy (non-hydrogen) atoms. The second-order valence-electron chi connectivity index (χ2n) is 9.42. The molecule has 1 saturated heterocycles. The monoisotopic (exact) mass is 579 g/mol. The highest BCUT2D eigenvalue weighted by molar-refractivity contribution is 7.89. The second kappa shape index (κ2) is 11.4. The number of piperazine rings is 1. The minimum Gasteiger partial charge on any atom is -0.497 e. The Labute approximate surface area is 239 Å². The molecule has 0 saturated carbocycles. The zero-order valence-corrected chi connectivity index (χ0v) is 24.1. The summed E-state index contributed by atoms with van der Waals surface area (Å²) in [7, 11) is -0.536. The Hall–Kier alpha value is -3.79. The lowest BCUT2D eigenvalue weighted by molar-refractivity contribution is 0.0697. The molecule has 0 unspecified atom stereocenters. The van der Waals surface area contributed by atoms with Crippen molar-refractivity contribution in [1.82, 2.24) is 13.8 Å². The third-order valence-electron chi connectivity index (χ3n) is 7.18. The van der Waals surface area contributed by atoms with E-state index in [1.807, 2.05) is 66.1 Å². The normalized spacial score (nSPS) is 14.2. The van der Waals surface area contributed by atoms with Crippen molar-refractivity contribution in [2.75, 3.05) is 40.4 Å². The Morgan fingerprint density at radius 3 is 1.98 bits per heavy atom. The van der Waals surface area contributed by atoms with Gasteiger partial charge in [-0.15, -0.1) is 0 Å². The number of amides is 1. The Kier molecular flexibility index (Phi) is 7.89. The Balaban J connectivity index is 1.42. The van der Waals surface area contributed by atoms with Gasteiger partial charge in [0.25, 0.3) is 5.91 Å². The van der Waals surface area contributed by atoms with Crippen molar-refractivity contribution in [2.24, 2.45) is 0 Å². The van der Waals surface area contributed by atoms with Gasteiger partial charge in [0.2, 0.25) is 10.0 Å². The first kappa shape index (κ1) is 27.8. The number of halogens is 1. The molecule has 0 N–H and O–H groups in total. The Morgan fingerprint density at radius 1 is 0.825 bits per heavy atom. The number of para-hydroxylation sites is 1. The van der Waals surface area contributed by atoms with Crippen LogP contribution in [0.3, 0.4) is 0 Å². The molecular formula is C30H30ClN3O5S. The summed E-state index contributed by atoms with van der Waals surface area (Å²) in [6.07, 6.45) is 0. The topological polar surface area (TPSA) is 81.1 Å². The molecule has 0 aliphatic carbocycles. The molecule has 2 heterocycles. The fraction of sp³-hybridized carbons (Fsp3) is 0.233. The first-order valence-corrected chi connectivity index (χ1v) is 14.6. The molecule has 8 nitrogen and oxygen atoms in total. The number of nitrogens with zero attached hydrogens (tertiary/aromatic N) is 3. The average Bonchev–Trinajstić information content (AvgIpc) is 3.33. The van der Waals surface area contributed by atoms with Crippen LogP contribution in [0.5, 0.6) is 11.5 Å². The Morgan fingerprint density at radius 2 is 1.40 bits per heavy atom. The van der Waals surface area contributed by atoms with E-state index in [1.54, 1.807) is 24.1 Å². The van der Waals surface area contributed by atoms with E-state index in [0.29, 0.717) is 16.3 Å². The van der Waals surface area contributed by atoms with E-state index in [2.05, 4.69) is 0 Å². The lowest BCUT2D eigenvalue weighted by Gasteiger charge is -2.34. The molecule has 0 atom stereocenters. The molecule has 4 aromatic rings. The molecule has 1 aliphatic heterocycles. The van der Waals surface area contributed by atoms with Crippen LogP contribution in [0.15, 0.2) is 83.8 Å². The van der Waals surface area contributed by atoms with E-state index in [-0.39, 0.29) is 37.0 Å². The largest absolute Gasteiger partial charge is 0.497 e. The van der Waals surface area contributed by atoms with Gasteiger partial charge < -0.3 is 18.9 Å². The van der Waals surface area contributed by atoms with Crippen LogP contribution in [-0.4, -0.2) is 68.5 Å². The van der Waals surface area contributed by atoms with Crippen molar-refractivity contribution >= 4 is 27.5 Å². The molecule has 0 bridgehead atoms. The maximum absolute atomic E-state index is 13.8. The second-order valence-corrected chi connectivity index (χ2v) is 11.8. The van der Waals surface area contributed by atoms with Crippen LogP contribution in [0.25, 0.3) is 16.9 Å². The maximum Gasteiger partial charge on any atom is 0.255 e. The molecular weight excluding hydrogens is 550 g/mol. The predicted octanol–water partition coefficient (Wildman–Crippen LogP) is 5.27. The summed E-state index contributed by atoms with van der Waals surface area (Å²) >= 11 is 6.60. The standard InChI is InChI=1S/C30H30ClN3O5S/c1-21-26(20-29(22-8-10-23(38-2)11-9-22)34(21)28-7-5-4-6-27(28)31)30(35)32-16-18-33(19-17-32)40(36,37)25-14-12-24(39-3)13-15-25/h4-15,20H,16-19H2,1-3H3. The van der Waals surface area contributed by atoms with Gasteiger partial charge in [0.05, 0.1) is 41.1 Å². The van der Waals surface area contributed by atoms with Crippen LogP contribution in [0, 0.1) is 6.92 Å². The molecule has 5 rings (SSSR count). The molecule has 3 aromatic carbocycles. The van der Waals surface area contributed by atoms with Crippen LogP contribution >= 0.6 is 11.6 Å². The predicted molar refractivity (Wildman–Crippen MR) is 155 cm³/mol. The quantitative estimate of drug-likeness (QED) is 0.298. The number of benzene rings is 3. The van der Waals surface area contributed by atoms with Crippen molar-refractivity contribution in [2.45, 2.75) is 11.8 Å². The van der Waals surface area contributed by atoms with Crippen LogP contribution in [-0.2, 0) is 10.0 Å². The summed E-state index contributed by atoms with van der Waals surface area (Å²) in [5, 5.41) is 0.562. The van der Waals surface area contributed by atoms with Crippen LogP contribution in [0.2, 0.25) is 5.02 Å². The maximum atomic E-state index is 13.8. The molecule has 208 valence electrons. The number of methoxy groups -OCH3 is 2. The molecule has 0 spiro atoms. The minimum atomic E-state index is -3.68. The zero-order chi connectivity index (χ0) is 28.4. The highest BCUT2D eigenvalue weighted by Gasteiger charge is 2.32. The number of ether oxygens (including phenoxy) is 2. The van der Waals surface area contributed by atoms with Crippen molar-refractivity contribution in [3.05, 3.63) is 95.1 Å². The summed E-state index contributed by atoms with van der Waals surface area (Å²) in [5.41, 5.74) is 3.77. The third-order valence-corrected chi connectivity index (χ3v) is 9.41. The molecule has 10 heteroatoms. The number of carbonyl (C=O) groups is 1. The van der Waals surface area contributed by atoms with Crippen molar-refractivity contribution in [3.63, 3.8) is 0 Å². The number of hydrogen-bond acceptors (Lipinski definition) is 5. The van der Waals surface area contributed by atoms with Gasteiger partial charge in [-0.1, -0.05) is 23.7 Å². The van der Waals surface area contributed by atoms with E-state index < -0.39 is 10.0 Å². The third kappa shape index (κ3) is 5.20. The van der Waals surface area contributed by atoms with Crippen LogP contribution in [0.4, 0.5) is 0 Å². The van der Waals surface area contributed by atoms with Gasteiger partial charge in [0, 0.05) is 31.9 Å². The molecule has 0 radical (unpaired) electrons. The highest BCUT2D eigenvalue weighted by atomic mass is 35.5. The van der Waals surface area contributed by atoms with Crippen molar-refractivity contribution in [1.29, 1.82) is 0 Å². The average molecular weight is 580 g/mol. The summed E-state index contributed by atoms with van der Waals surface area (Å²) in [6.45, 7) is 2.87. The first-order chi connectivity index (χ1) is 19.2. The molecule has 1 fully saturated rings. The lowest BCUT2D eigenvalue weighted by atomic mass is 10.1. The van der Waals surface area contributed by atoms with Gasteiger partial charge in [-0.25, -0.2) is 8.42 Å². The van der Waals surface area contributed by atoms with Crippen LogP contribution in [0.1, 0.15) is 16.1 Å². The van der Waals surface area contributed by atoms with Gasteiger partial charge in [0.1, 0.15) is 11.5 Å². The first-order valence-electron chi connectivity index (χ1n) is 12.8. The number of sulfonamides is 1. The van der Waals surface area contributed by atoms with E-state index in [1.165, 1.54) is 23.5 Å². The van der Waals surface area contributed by atoms with Gasteiger partial charge >= 0.3 is 0 Å². The van der Waals surface area contributed by atoms with Crippen molar-refractivity contribution < 1.29 is 22.7 Å². The summed E-state index contributed by atoms with van der Waals surface area (Å²) < 4.78 is 40.2. The van der Waals surface area contributed by atoms with E-state index in [0.717, 1.165) is 28.4 Å². The summed E-state index contributed by atoms with van der Waals surface area (Å²) in [5.74, 6) is 1.16. The SMILES string of the molecule is COc1ccc(-c2cc(C(=O)N3CCN(S(=O)(=O)c4ccc(OC)cc4)CC3)c(C)n2-c2ccccc2Cl)cc1. The minimum absolute atomic E-state index is 0.153. The lowest BCUT2D eigenvalue weighted by Crippen LogP contribution is -2.50. The summed E-state index contributed by atoms with van der Waals surface area (Å²) in [4.78, 5) is 15.7. The van der Waals surface area contributed by atoms with Crippen molar-refractivity contribution in [3.8, 4) is 28.4 Å². The fourth-order valence-corrected chi connectivity index (χ4v) is 6.58. The smallest absolute Gasteiger partial charge is 0.255 e. The molecule has 1 aromatic heterocycles. The van der Waals surface area contributed by atoms with E-state index in [4.69, 9.17) is 21.1 Å². The zero-order valence-electron chi connectivity index (χ0n) is 22.5. The summed E-state index contributed by atoms with van der Waals surface area (Å²) in [6, 6.07) is 23.3. The number of rotatable bonds is 7. The Bertz CT molecular complexity index is 1630. The number of carbonyl (C=O) groups excluding carboxylic acids is 1. The van der Waals surface area contributed by atoms with Gasteiger partial charge in [-0.3, -0.25) is 4.79 Å². The van der Waals surface area contributed by atoms with Gasteiger partial charge in [-0.2, -0.15) is 4.31 Å². The van der Waals surface area contributed by atoms with E-state index in [9.17, 15) is 13.2 Å².